The van der Waals surface area contributed by atoms with Gasteiger partial charge < -0.3 is 14.5 Å². The highest BCUT2D eigenvalue weighted by molar-refractivity contribution is 5.75. The van der Waals surface area contributed by atoms with Crippen LogP contribution in [0.2, 0.25) is 0 Å². The van der Waals surface area contributed by atoms with Gasteiger partial charge in [-0.3, -0.25) is 4.79 Å². The molecule has 1 aromatic rings. The number of aryl methyl sites for hydroxylation is 2. The Morgan fingerprint density at radius 1 is 1.42 bits per heavy atom. The van der Waals surface area contributed by atoms with Gasteiger partial charge in [-0.25, -0.2) is 9.97 Å². The molecule has 2 heterocycles. The van der Waals surface area contributed by atoms with E-state index in [0.29, 0.717) is 18.8 Å². The van der Waals surface area contributed by atoms with E-state index in [0.717, 1.165) is 49.9 Å². The zero-order valence-corrected chi connectivity index (χ0v) is 15.4. The monoisotopic (exact) mass is 334 g/mol. The third kappa shape index (κ3) is 5.53. The van der Waals surface area contributed by atoms with Crippen molar-refractivity contribution in [3.05, 3.63) is 23.3 Å². The van der Waals surface area contributed by atoms with Crippen molar-refractivity contribution >= 4 is 5.91 Å². The molecule has 1 aliphatic heterocycles. The molecule has 0 saturated carbocycles. The van der Waals surface area contributed by atoms with Crippen molar-refractivity contribution in [3.63, 3.8) is 0 Å². The molecule has 0 N–H and O–H groups in total. The van der Waals surface area contributed by atoms with Gasteiger partial charge in [0.25, 0.3) is 0 Å². The highest BCUT2D eigenvalue weighted by Crippen LogP contribution is 2.25. The number of nitrogens with zero attached hydrogens (tertiary/aromatic N) is 4. The Balaban J connectivity index is 2.03. The fraction of sp³-hybridized carbons (Fsp3) is 0.722. The summed E-state index contributed by atoms with van der Waals surface area (Å²) in [6, 6.07) is 2.00. The summed E-state index contributed by atoms with van der Waals surface area (Å²) in [5.41, 5.74) is 1.96. The number of ether oxygens (including phenoxy) is 1. The molecule has 0 aromatic carbocycles. The molecule has 1 amide bonds. The second-order valence-electron chi connectivity index (χ2n) is 6.78. The van der Waals surface area contributed by atoms with Gasteiger partial charge in [-0.1, -0.05) is 0 Å². The van der Waals surface area contributed by atoms with E-state index in [1.807, 2.05) is 13.0 Å². The molecule has 24 heavy (non-hydrogen) atoms. The first-order valence-corrected chi connectivity index (χ1v) is 8.75. The minimum absolute atomic E-state index is 0.135. The number of amides is 1. The summed E-state index contributed by atoms with van der Waals surface area (Å²) in [6.45, 7) is 5.84. The van der Waals surface area contributed by atoms with Crippen LogP contribution in [0.5, 0.6) is 0 Å². The molecule has 1 aliphatic rings. The number of methoxy groups -OCH3 is 1. The van der Waals surface area contributed by atoms with Crippen LogP contribution in [0.3, 0.4) is 0 Å². The minimum Gasteiger partial charge on any atom is -0.383 e. The second-order valence-corrected chi connectivity index (χ2v) is 6.78. The average molecular weight is 334 g/mol. The predicted octanol–water partition coefficient (Wildman–Crippen LogP) is 1.63. The number of likely N-dealkylation sites (tertiary alicyclic amines) is 1. The fourth-order valence-corrected chi connectivity index (χ4v) is 3.12. The Bertz CT molecular complexity index is 548. The summed E-state index contributed by atoms with van der Waals surface area (Å²) < 4.78 is 5.19. The van der Waals surface area contributed by atoms with Crippen molar-refractivity contribution in [2.75, 3.05) is 47.4 Å². The number of hydrogen-bond donors (Lipinski definition) is 0. The molecule has 0 spiro atoms. The number of aromatic nitrogens is 2. The Hall–Kier alpha value is -1.53. The van der Waals surface area contributed by atoms with E-state index in [2.05, 4.69) is 9.88 Å². The van der Waals surface area contributed by atoms with E-state index in [9.17, 15) is 4.79 Å². The number of piperidine rings is 1. The first-order valence-electron chi connectivity index (χ1n) is 8.75. The zero-order valence-electron chi connectivity index (χ0n) is 15.4. The van der Waals surface area contributed by atoms with Gasteiger partial charge in [-0.2, -0.15) is 0 Å². The largest absolute Gasteiger partial charge is 0.383 e. The highest BCUT2D eigenvalue weighted by Gasteiger charge is 2.23. The number of carbonyl (C=O) groups is 1. The quantitative estimate of drug-likeness (QED) is 0.758. The first kappa shape index (κ1) is 18.8. The van der Waals surface area contributed by atoms with Gasteiger partial charge in [-0.05, 0) is 38.8 Å². The van der Waals surface area contributed by atoms with E-state index in [1.165, 1.54) is 6.42 Å². The third-order valence-electron chi connectivity index (χ3n) is 4.50. The van der Waals surface area contributed by atoms with Gasteiger partial charge in [0.2, 0.25) is 5.91 Å². The molecule has 1 aromatic heterocycles. The Morgan fingerprint density at radius 2 is 2.21 bits per heavy atom. The number of hydrogen-bond acceptors (Lipinski definition) is 5. The summed E-state index contributed by atoms with van der Waals surface area (Å²) >= 11 is 0. The van der Waals surface area contributed by atoms with E-state index in [-0.39, 0.29) is 5.91 Å². The summed E-state index contributed by atoms with van der Waals surface area (Å²) in [6.07, 6.45) is 3.46. The van der Waals surface area contributed by atoms with Crippen LogP contribution in [0.1, 0.15) is 42.4 Å². The maximum Gasteiger partial charge on any atom is 0.222 e. The van der Waals surface area contributed by atoms with Gasteiger partial charge in [0.05, 0.1) is 6.61 Å². The van der Waals surface area contributed by atoms with E-state index in [4.69, 9.17) is 9.72 Å². The van der Waals surface area contributed by atoms with E-state index < -0.39 is 0 Å². The Labute approximate surface area is 145 Å². The number of rotatable bonds is 7. The fourth-order valence-electron chi connectivity index (χ4n) is 3.12. The molecule has 1 saturated heterocycles. The molecule has 6 nitrogen and oxygen atoms in total. The van der Waals surface area contributed by atoms with Crippen LogP contribution in [-0.2, 0) is 16.0 Å². The second kappa shape index (κ2) is 9.08. The zero-order chi connectivity index (χ0) is 17.5. The van der Waals surface area contributed by atoms with Crippen LogP contribution in [0.25, 0.3) is 0 Å². The molecule has 1 unspecified atom stereocenters. The van der Waals surface area contributed by atoms with Gasteiger partial charge in [0.1, 0.15) is 5.82 Å². The van der Waals surface area contributed by atoms with Crippen molar-refractivity contribution in [2.24, 2.45) is 0 Å². The lowest BCUT2D eigenvalue weighted by molar-refractivity contribution is -0.128. The highest BCUT2D eigenvalue weighted by atomic mass is 16.5. The smallest absolute Gasteiger partial charge is 0.222 e. The van der Waals surface area contributed by atoms with Gasteiger partial charge >= 0.3 is 0 Å². The molecule has 1 atom stereocenters. The van der Waals surface area contributed by atoms with Gasteiger partial charge in [0, 0.05) is 58.0 Å². The molecular formula is C18H30N4O2. The van der Waals surface area contributed by atoms with Crippen LogP contribution in [0.4, 0.5) is 0 Å². The lowest BCUT2D eigenvalue weighted by Crippen LogP contribution is -2.37. The maximum absolute atomic E-state index is 11.8. The normalized spacial score (nSPS) is 18.6. The SMILES string of the molecule is COCCN1CCCC(c2nc(C)cc(CCC(=O)N(C)C)n2)C1. The van der Waals surface area contributed by atoms with Crippen LogP contribution >= 0.6 is 0 Å². The lowest BCUT2D eigenvalue weighted by Gasteiger charge is -2.31. The Kier molecular flexibility index (Phi) is 7.12. The van der Waals surface area contributed by atoms with Crippen LogP contribution < -0.4 is 0 Å². The minimum atomic E-state index is 0.135. The van der Waals surface area contributed by atoms with Crippen LogP contribution in [0, 0.1) is 6.92 Å². The molecule has 2 rings (SSSR count). The summed E-state index contributed by atoms with van der Waals surface area (Å²) in [5, 5.41) is 0. The Morgan fingerprint density at radius 3 is 2.92 bits per heavy atom. The van der Waals surface area contributed by atoms with Crippen molar-refractivity contribution in [3.8, 4) is 0 Å². The summed E-state index contributed by atoms with van der Waals surface area (Å²) in [4.78, 5) is 25.3. The molecule has 1 fully saturated rings. The maximum atomic E-state index is 11.8. The van der Waals surface area contributed by atoms with Crippen molar-refractivity contribution in [1.29, 1.82) is 0 Å². The van der Waals surface area contributed by atoms with E-state index >= 15 is 0 Å². The van der Waals surface area contributed by atoms with Crippen LogP contribution in [-0.4, -0.2) is 73.1 Å². The summed E-state index contributed by atoms with van der Waals surface area (Å²) in [5.74, 6) is 1.44. The molecule has 0 bridgehead atoms. The first-order chi connectivity index (χ1) is 11.5. The predicted molar refractivity (Wildman–Crippen MR) is 94.1 cm³/mol. The lowest BCUT2D eigenvalue weighted by atomic mass is 9.97. The van der Waals surface area contributed by atoms with E-state index in [1.54, 1.807) is 26.1 Å². The third-order valence-corrected chi connectivity index (χ3v) is 4.50. The molecule has 134 valence electrons. The average Bonchev–Trinajstić information content (AvgIpc) is 2.57. The van der Waals surface area contributed by atoms with Crippen molar-refractivity contribution in [1.82, 2.24) is 19.8 Å². The van der Waals surface area contributed by atoms with Gasteiger partial charge in [-0.15, -0.1) is 0 Å². The topological polar surface area (TPSA) is 58.6 Å². The molecule has 0 aliphatic carbocycles. The molecule has 6 heteroatoms. The van der Waals surface area contributed by atoms with Crippen molar-refractivity contribution in [2.45, 2.75) is 38.5 Å². The summed E-state index contributed by atoms with van der Waals surface area (Å²) in [7, 11) is 5.32. The van der Waals surface area contributed by atoms with Gasteiger partial charge in [0.15, 0.2) is 0 Å². The standard InChI is InChI=1S/C18H30N4O2/c1-14-12-16(7-8-17(23)21(2)3)20-18(19-14)15-6-5-9-22(13-15)10-11-24-4/h12,15H,5-11,13H2,1-4H3. The van der Waals surface area contributed by atoms with Crippen molar-refractivity contribution < 1.29 is 9.53 Å². The molecule has 0 radical (unpaired) electrons. The number of carbonyl (C=O) groups excluding carboxylic acids is 1. The molecular weight excluding hydrogens is 304 g/mol. The van der Waals surface area contributed by atoms with Crippen LogP contribution in [0.15, 0.2) is 6.07 Å².